The number of para-hydroxylation sites is 1. The second-order valence-corrected chi connectivity index (χ2v) is 15.5. The predicted octanol–water partition coefficient (Wildman–Crippen LogP) is 6.58. The molecule has 316 valence electrons. The van der Waals surface area contributed by atoms with Crippen molar-refractivity contribution in [3.05, 3.63) is 109 Å². The van der Waals surface area contributed by atoms with Gasteiger partial charge >= 0.3 is 12.2 Å². The summed E-state index contributed by atoms with van der Waals surface area (Å²) in [7, 11) is 2.75. The average Bonchev–Trinajstić information content (AvgIpc) is 4.14. The minimum Gasteiger partial charge on any atom is -0.465 e. The van der Waals surface area contributed by atoms with Crippen molar-refractivity contribution >= 4 is 34.9 Å². The Morgan fingerprint density at radius 2 is 1.31 bits per heavy atom. The molecule has 0 saturated carbocycles. The Morgan fingerprint density at radius 3 is 1.85 bits per heavy atom. The van der Waals surface area contributed by atoms with Crippen LogP contribution in [0, 0.1) is 0 Å². The molecule has 6 aromatic rings. The predicted molar refractivity (Wildman–Crippen MR) is 227 cm³/mol. The van der Waals surface area contributed by atoms with Crippen LogP contribution in [0.2, 0.25) is 0 Å². The Hall–Kier alpha value is -6.94. The molecule has 16 nitrogen and oxygen atoms in total. The van der Waals surface area contributed by atoms with Gasteiger partial charge in [-0.2, -0.15) is 0 Å². The van der Waals surface area contributed by atoms with Crippen molar-refractivity contribution in [3.63, 3.8) is 0 Å². The van der Waals surface area contributed by atoms with Gasteiger partial charge in [0, 0.05) is 43.7 Å². The van der Waals surface area contributed by atoms with E-state index in [9.17, 15) is 24.3 Å². The van der Waals surface area contributed by atoms with Crippen molar-refractivity contribution in [2.24, 2.45) is 0 Å². The molecule has 0 bridgehead atoms. The lowest BCUT2D eigenvalue weighted by Gasteiger charge is -2.30. The van der Waals surface area contributed by atoms with Crippen LogP contribution in [0.1, 0.15) is 61.9 Å². The molecular weight excluding hydrogens is 779 g/mol. The minimum absolute atomic E-state index is 0.222. The van der Waals surface area contributed by atoms with E-state index < -0.39 is 30.4 Å². The van der Waals surface area contributed by atoms with Gasteiger partial charge in [-0.25, -0.2) is 19.6 Å². The van der Waals surface area contributed by atoms with E-state index in [4.69, 9.17) is 14.5 Å². The molecule has 3 aromatic heterocycles. The second-order valence-electron chi connectivity index (χ2n) is 15.5. The van der Waals surface area contributed by atoms with Crippen molar-refractivity contribution < 1.29 is 33.8 Å². The summed E-state index contributed by atoms with van der Waals surface area (Å²) in [5.74, 6) is 0.810. The number of nitrogens with one attached hydrogen (secondary N) is 5. The van der Waals surface area contributed by atoms with Gasteiger partial charge in [-0.05, 0) is 66.5 Å². The number of hydrogen-bond acceptors (Lipinski definition) is 8. The maximum atomic E-state index is 14.0. The number of carbonyl (C=O) groups is 4. The monoisotopic (exact) mass is 827 g/mol. The SMILES string of the molecule is COC(=O)N[C@H](C(=O)N1CCC[C@H]1c1ncc(-c2ccc(-c3ccc(-c4cnc([C@@H]5CCCN5C(=O)[C@H](Cc5c[nH]c6ccccc56)NC(=O)O)[nH]4)cc3)cc2)[nH]1)[C@@H](C)OC. The van der Waals surface area contributed by atoms with Gasteiger partial charge < -0.3 is 50.0 Å². The highest BCUT2D eigenvalue weighted by molar-refractivity contribution is 5.89. The number of H-pyrrole nitrogens is 3. The van der Waals surface area contributed by atoms with Gasteiger partial charge in [0.25, 0.3) is 0 Å². The van der Waals surface area contributed by atoms with Crippen LogP contribution in [0.4, 0.5) is 9.59 Å². The maximum Gasteiger partial charge on any atom is 0.407 e. The molecule has 8 rings (SSSR count). The lowest BCUT2D eigenvalue weighted by molar-refractivity contribution is -0.137. The zero-order valence-corrected chi connectivity index (χ0v) is 34.2. The quantitative estimate of drug-likeness (QED) is 0.0742. The number of likely N-dealkylation sites (tertiary alicyclic amines) is 2. The Bertz CT molecular complexity index is 2510. The molecule has 0 unspecified atom stereocenters. The van der Waals surface area contributed by atoms with E-state index in [2.05, 4.69) is 54.8 Å². The molecule has 2 saturated heterocycles. The number of aromatic amines is 3. The normalized spacial score (nSPS) is 17.9. The van der Waals surface area contributed by atoms with Crippen molar-refractivity contribution in [2.75, 3.05) is 27.3 Å². The number of hydrogen-bond donors (Lipinski definition) is 6. The molecular formula is C45H49N9O7. The number of ether oxygens (including phenoxy) is 2. The van der Waals surface area contributed by atoms with Crippen molar-refractivity contribution in [1.82, 2.24) is 45.4 Å². The number of rotatable bonds is 13. The third kappa shape index (κ3) is 8.57. The minimum atomic E-state index is -1.25. The first-order valence-corrected chi connectivity index (χ1v) is 20.5. The van der Waals surface area contributed by atoms with Crippen LogP contribution in [0.15, 0.2) is 91.4 Å². The number of alkyl carbamates (subject to hydrolysis) is 1. The first-order valence-electron chi connectivity index (χ1n) is 20.5. The number of methoxy groups -OCH3 is 2. The number of nitrogens with zero attached hydrogens (tertiary/aromatic N) is 4. The fourth-order valence-electron chi connectivity index (χ4n) is 8.57. The van der Waals surface area contributed by atoms with Gasteiger partial charge in [0.05, 0.1) is 49.1 Å². The number of carbonyl (C=O) groups excluding carboxylic acids is 3. The van der Waals surface area contributed by atoms with Gasteiger partial charge in [0.15, 0.2) is 0 Å². The third-order valence-corrected chi connectivity index (χ3v) is 11.9. The molecule has 3 aromatic carbocycles. The maximum absolute atomic E-state index is 14.0. The van der Waals surface area contributed by atoms with E-state index in [1.54, 1.807) is 29.1 Å². The fourth-order valence-corrected chi connectivity index (χ4v) is 8.57. The van der Waals surface area contributed by atoms with Crippen LogP contribution in [0.3, 0.4) is 0 Å². The number of imidazole rings is 2. The van der Waals surface area contributed by atoms with Crippen LogP contribution >= 0.6 is 0 Å². The summed E-state index contributed by atoms with van der Waals surface area (Å²) in [4.78, 5) is 74.3. The van der Waals surface area contributed by atoms with E-state index in [1.807, 2.05) is 54.7 Å². The second kappa shape index (κ2) is 17.7. The van der Waals surface area contributed by atoms with E-state index in [-0.39, 0.29) is 30.3 Å². The number of carboxylic acid groups (broad SMARTS) is 1. The molecule has 0 spiro atoms. The van der Waals surface area contributed by atoms with Crippen LogP contribution in [-0.2, 0) is 25.5 Å². The van der Waals surface area contributed by atoms with Crippen LogP contribution in [0.5, 0.6) is 0 Å². The zero-order chi connectivity index (χ0) is 42.6. The molecule has 5 heterocycles. The average molecular weight is 828 g/mol. The molecule has 2 aliphatic heterocycles. The van der Waals surface area contributed by atoms with Gasteiger partial charge in [0.1, 0.15) is 23.7 Å². The van der Waals surface area contributed by atoms with E-state index in [0.29, 0.717) is 31.2 Å². The van der Waals surface area contributed by atoms with Crippen molar-refractivity contribution in [1.29, 1.82) is 0 Å². The summed E-state index contributed by atoms with van der Waals surface area (Å²) in [6, 6.07) is 21.6. The summed E-state index contributed by atoms with van der Waals surface area (Å²) >= 11 is 0. The summed E-state index contributed by atoms with van der Waals surface area (Å²) in [6.07, 6.45) is 6.12. The molecule has 6 N–H and O–H groups in total. The van der Waals surface area contributed by atoms with Crippen molar-refractivity contribution in [3.8, 4) is 33.6 Å². The fraction of sp³-hybridized carbons (Fsp3) is 0.333. The standard InChI is InChI=1S/C45H49N9O7/c1-26(60-2)39(52-45(59)61-3)43(56)54-21-7-11-38(54)41-48-25-36(50-41)30-18-14-28(15-19-30)27-12-16-29(17-13-27)35-24-47-40(49-35)37-10-6-20-53(37)42(55)34(51-44(57)58)22-31-23-46-33-9-5-4-8-32(31)33/h4-5,8-9,12-19,23-26,34,37-39,46,51H,6-7,10-11,20-22H2,1-3H3,(H,47,49)(H,48,50)(H,52,59)(H,57,58)/t26-,34+,37+,38+,39+/m1/s1. The molecule has 61 heavy (non-hydrogen) atoms. The Labute approximate surface area is 352 Å². The van der Waals surface area contributed by atoms with Gasteiger partial charge in [0.2, 0.25) is 11.8 Å². The van der Waals surface area contributed by atoms with Gasteiger partial charge in [-0.15, -0.1) is 0 Å². The smallest absolute Gasteiger partial charge is 0.407 e. The molecule has 0 aliphatic carbocycles. The summed E-state index contributed by atoms with van der Waals surface area (Å²) in [6.45, 7) is 2.77. The number of fused-ring (bicyclic) bond motifs is 1. The number of aromatic nitrogens is 5. The van der Waals surface area contributed by atoms with Gasteiger partial charge in [-0.3, -0.25) is 9.59 Å². The molecule has 4 amide bonds. The first-order chi connectivity index (χ1) is 29.6. The van der Waals surface area contributed by atoms with Crippen LogP contribution < -0.4 is 10.6 Å². The Morgan fingerprint density at radius 1 is 0.770 bits per heavy atom. The number of amides is 4. The summed E-state index contributed by atoms with van der Waals surface area (Å²) in [5.41, 5.74) is 7.38. The largest absolute Gasteiger partial charge is 0.465 e. The highest BCUT2D eigenvalue weighted by Crippen LogP contribution is 2.35. The molecule has 2 aliphatic rings. The Balaban J connectivity index is 0.918. The van der Waals surface area contributed by atoms with E-state index >= 15 is 0 Å². The van der Waals surface area contributed by atoms with Crippen molar-refractivity contribution in [2.45, 2.75) is 69.3 Å². The lowest BCUT2D eigenvalue weighted by atomic mass is 10.0. The number of benzene rings is 3. The van der Waals surface area contributed by atoms with E-state index in [1.165, 1.54) is 14.2 Å². The molecule has 0 radical (unpaired) electrons. The topological polar surface area (TPSA) is 211 Å². The van der Waals surface area contributed by atoms with Gasteiger partial charge in [-0.1, -0.05) is 66.7 Å². The molecule has 5 atom stereocenters. The molecule has 2 fully saturated rings. The highest BCUT2D eigenvalue weighted by atomic mass is 16.5. The highest BCUT2D eigenvalue weighted by Gasteiger charge is 2.39. The molecule has 16 heteroatoms. The summed E-state index contributed by atoms with van der Waals surface area (Å²) in [5, 5.41) is 15.7. The van der Waals surface area contributed by atoms with Crippen LogP contribution in [-0.4, -0.2) is 109 Å². The lowest BCUT2D eigenvalue weighted by Crippen LogP contribution is -2.54. The third-order valence-electron chi connectivity index (χ3n) is 11.9. The van der Waals surface area contributed by atoms with E-state index in [0.717, 1.165) is 69.4 Å². The zero-order valence-electron chi connectivity index (χ0n) is 34.2. The van der Waals surface area contributed by atoms with Crippen LogP contribution in [0.25, 0.3) is 44.5 Å². The Kier molecular flexibility index (Phi) is 11.9. The first kappa shape index (κ1) is 40.8. The summed E-state index contributed by atoms with van der Waals surface area (Å²) < 4.78 is 10.1.